The number of aromatic nitrogens is 2. The lowest BCUT2D eigenvalue weighted by Crippen LogP contribution is -2.04. The molecule has 0 aliphatic heterocycles. The lowest BCUT2D eigenvalue weighted by atomic mass is 10.1. The van der Waals surface area contributed by atoms with Crippen LogP contribution in [0.25, 0.3) is 0 Å². The van der Waals surface area contributed by atoms with Crippen molar-refractivity contribution < 1.29 is 9.47 Å². The van der Waals surface area contributed by atoms with Gasteiger partial charge in [0.1, 0.15) is 17.8 Å². The molecule has 5 heteroatoms. The highest BCUT2D eigenvalue weighted by Crippen LogP contribution is 2.27. The number of benzene rings is 1. The number of nitrogens with zero attached hydrogens (tertiary/aromatic N) is 2. The molecule has 1 aromatic carbocycles. The average molecular weight is 259 g/mol. The van der Waals surface area contributed by atoms with Crippen LogP contribution >= 0.6 is 0 Å². The Morgan fingerprint density at radius 2 is 2.05 bits per heavy atom. The first-order valence-corrected chi connectivity index (χ1v) is 6.06. The van der Waals surface area contributed by atoms with Crippen molar-refractivity contribution in [2.45, 2.75) is 13.3 Å². The number of nitrogens with two attached hydrogens (primary N) is 1. The molecule has 2 aromatic rings. The molecule has 0 fully saturated rings. The number of hydrogen-bond acceptors (Lipinski definition) is 5. The van der Waals surface area contributed by atoms with E-state index in [9.17, 15) is 0 Å². The van der Waals surface area contributed by atoms with Gasteiger partial charge in [0.05, 0.1) is 7.11 Å². The fourth-order valence-electron chi connectivity index (χ4n) is 1.76. The lowest BCUT2D eigenvalue weighted by molar-refractivity contribution is 0.402. The van der Waals surface area contributed by atoms with Gasteiger partial charge >= 0.3 is 0 Å². The van der Waals surface area contributed by atoms with Gasteiger partial charge < -0.3 is 15.2 Å². The second-order valence-electron chi connectivity index (χ2n) is 4.11. The minimum Gasteiger partial charge on any atom is -0.496 e. The third-order valence-corrected chi connectivity index (χ3v) is 2.67. The van der Waals surface area contributed by atoms with Crippen molar-refractivity contribution in [2.24, 2.45) is 5.73 Å². The molecule has 1 heterocycles. The molecule has 1 aromatic heterocycles. The second kappa shape index (κ2) is 6.15. The van der Waals surface area contributed by atoms with Crippen molar-refractivity contribution >= 4 is 0 Å². The van der Waals surface area contributed by atoms with Crippen LogP contribution in [0.2, 0.25) is 0 Å². The van der Waals surface area contributed by atoms with Gasteiger partial charge in [0.25, 0.3) is 0 Å². The molecule has 0 radical (unpaired) electrons. The lowest BCUT2D eigenvalue weighted by Gasteiger charge is -2.10. The van der Waals surface area contributed by atoms with E-state index in [1.165, 1.54) is 6.33 Å². The zero-order valence-corrected chi connectivity index (χ0v) is 11.1. The fraction of sp³-hybridized carbons (Fsp3) is 0.286. The molecule has 0 saturated heterocycles. The van der Waals surface area contributed by atoms with E-state index in [1.54, 1.807) is 13.2 Å². The maximum atomic E-state index is 5.67. The van der Waals surface area contributed by atoms with E-state index in [1.807, 2.05) is 25.1 Å². The summed E-state index contributed by atoms with van der Waals surface area (Å²) >= 11 is 0. The Morgan fingerprint density at radius 3 is 2.74 bits per heavy atom. The van der Waals surface area contributed by atoms with Crippen LogP contribution in [0, 0.1) is 6.92 Å². The molecule has 100 valence electrons. The molecule has 0 bridgehead atoms. The van der Waals surface area contributed by atoms with Gasteiger partial charge in [0, 0.05) is 17.8 Å². The molecule has 0 atom stereocenters. The zero-order valence-electron chi connectivity index (χ0n) is 11.1. The van der Waals surface area contributed by atoms with Crippen molar-refractivity contribution in [1.82, 2.24) is 9.97 Å². The summed E-state index contributed by atoms with van der Waals surface area (Å²) in [6, 6.07) is 7.45. The monoisotopic (exact) mass is 259 g/mol. The molecule has 2 rings (SSSR count). The molecule has 2 N–H and O–H groups in total. The first kappa shape index (κ1) is 13.3. The van der Waals surface area contributed by atoms with Crippen LogP contribution in [0.15, 0.2) is 30.6 Å². The van der Waals surface area contributed by atoms with Crippen LogP contribution in [0.5, 0.6) is 17.4 Å². The van der Waals surface area contributed by atoms with Crippen LogP contribution < -0.4 is 15.2 Å². The molecule has 0 aliphatic carbocycles. The number of ether oxygens (including phenoxy) is 2. The smallest absolute Gasteiger partial charge is 0.222 e. The highest BCUT2D eigenvalue weighted by Gasteiger charge is 2.06. The summed E-state index contributed by atoms with van der Waals surface area (Å²) in [6.45, 7) is 2.47. The quantitative estimate of drug-likeness (QED) is 0.890. The Balaban J connectivity index is 2.21. The van der Waals surface area contributed by atoms with E-state index in [0.29, 0.717) is 18.2 Å². The minimum absolute atomic E-state index is 0.515. The van der Waals surface area contributed by atoms with Gasteiger partial charge in [-0.1, -0.05) is 6.07 Å². The van der Waals surface area contributed by atoms with Crippen molar-refractivity contribution in [1.29, 1.82) is 0 Å². The SMILES string of the molecule is COc1cc(Oc2cc(C)ncn2)ccc1CCN. The maximum Gasteiger partial charge on any atom is 0.222 e. The van der Waals surface area contributed by atoms with Gasteiger partial charge in [-0.2, -0.15) is 0 Å². The average Bonchev–Trinajstić information content (AvgIpc) is 2.41. The normalized spacial score (nSPS) is 10.3. The van der Waals surface area contributed by atoms with E-state index in [2.05, 4.69) is 9.97 Å². The Bertz CT molecular complexity index is 558. The summed E-state index contributed by atoms with van der Waals surface area (Å²) in [7, 11) is 1.63. The van der Waals surface area contributed by atoms with Crippen molar-refractivity contribution in [2.75, 3.05) is 13.7 Å². The van der Waals surface area contributed by atoms with Crippen LogP contribution in [0.1, 0.15) is 11.3 Å². The fourth-order valence-corrected chi connectivity index (χ4v) is 1.76. The minimum atomic E-state index is 0.515. The highest BCUT2D eigenvalue weighted by atomic mass is 16.5. The molecule has 0 spiro atoms. The number of rotatable bonds is 5. The predicted molar refractivity (Wildman–Crippen MR) is 72.6 cm³/mol. The summed E-state index contributed by atoms with van der Waals surface area (Å²) < 4.78 is 11.0. The van der Waals surface area contributed by atoms with E-state index in [-0.39, 0.29) is 0 Å². The second-order valence-corrected chi connectivity index (χ2v) is 4.11. The summed E-state index contributed by atoms with van der Waals surface area (Å²) in [5, 5.41) is 0. The molecule has 5 nitrogen and oxygen atoms in total. The number of hydrogen-bond donors (Lipinski definition) is 1. The maximum absolute atomic E-state index is 5.67. The summed E-state index contributed by atoms with van der Waals surface area (Å²) in [6.07, 6.45) is 2.25. The number of methoxy groups -OCH3 is 1. The van der Waals surface area contributed by atoms with Crippen LogP contribution in [-0.2, 0) is 6.42 Å². The van der Waals surface area contributed by atoms with Gasteiger partial charge in [-0.25, -0.2) is 9.97 Å². The molecule has 0 unspecified atom stereocenters. The van der Waals surface area contributed by atoms with Crippen molar-refractivity contribution in [3.05, 3.63) is 41.9 Å². The Morgan fingerprint density at radius 1 is 1.21 bits per heavy atom. The van der Waals surface area contributed by atoms with E-state index >= 15 is 0 Å². The van der Waals surface area contributed by atoms with E-state index in [0.717, 1.165) is 23.4 Å². The third kappa shape index (κ3) is 3.42. The largest absolute Gasteiger partial charge is 0.496 e. The van der Waals surface area contributed by atoms with Crippen LogP contribution in [0.4, 0.5) is 0 Å². The van der Waals surface area contributed by atoms with E-state index in [4.69, 9.17) is 15.2 Å². The topological polar surface area (TPSA) is 70.3 Å². The molecular weight excluding hydrogens is 242 g/mol. The Hall–Kier alpha value is -2.14. The summed E-state index contributed by atoms with van der Waals surface area (Å²) in [5.41, 5.74) is 7.48. The van der Waals surface area contributed by atoms with Gasteiger partial charge in [-0.3, -0.25) is 0 Å². The number of aryl methyl sites for hydroxylation is 1. The van der Waals surface area contributed by atoms with Crippen LogP contribution in [0.3, 0.4) is 0 Å². The molecule has 19 heavy (non-hydrogen) atoms. The predicted octanol–water partition coefficient (Wildman–Crippen LogP) is 2.09. The standard InChI is InChI=1S/C14H17N3O2/c1-10-7-14(17-9-16-10)19-12-4-3-11(5-6-15)13(8-12)18-2/h3-4,7-9H,5-6,15H2,1-2H3. The highest BCUT2D eigenvalue weighted by molar-refractivity contribution is 5.42. The first-order valence-electron chi connectivity index (χ1n) is 6.06. The molecule has 0 aliphatic rings. The third-order valence-electron chi connectivity index (χ3n) is 2.67. The zero-order chi connectivity index (χ0) is 13.7. The van der Waals surface area contributed by atoms with Crippen LogP contribution in [-0.4, -0.2) is 23.6 Å². The molecule has 0 amide bonds. The van der Waals surface area contributed by atoms with Gasteiger partial charge in [-0.05, 0) is 31.5 Å². The molecule has 0 saturated carbocycles. The summed E-state index contributed by atoms with van der Waals surface area (Å²) in [4.78, 5) is 8.08. The summed E-state index contributed by atoms with van der Waals surface area (Å²) in [5.74, 6) is 1.96. The first-order chi connectivity index (χ1) is 9.22. The van der Waals surface area contributed by atoms with E-state index < -0.39 is 0 Å². The van der Waals surface area contributed by atoms with Gasteiger partial charge in [0.2, 0.25) is 5.88 Å². The van der Waals surface area contributed by atoms with Crippen molar-refractivity contribution in [3.8, 4) is 17.4 Å². The Labute approximate surface area is 112 Å². The van der Waals surface area contributed by atoms with Crippen molar-refractivity contribution in [3.63, 3.8) is 0 Å². The molecular formula is C14H17N3O2. The van der Waals surface area contributed by atoms with Gasteiger partial charge in [0.15, 0.2) is 0 Å². The Kier molecular flexibility index (Phi) is 4.30. The van der Waals surface area contributed by atoms with Gasteiger partial charge in [-0.15, -0.1) is 0 Å².